The number of rotatable bonds is 8. The SMILES string of the molecule is CN1CCN(CCCNc2ccc(Nc3nccc(-c4cnn5ccccc45)n3)cc2F)CC1. The van der Waals surface area contributed by atoms with Crippen molar-refractivity contribution in [2.24, 2.45) is 0 Å². The van der Waals surface area contributed by atoms with Gasteiger partial charge in [-0.3, -0.25) is 0 Å². The van der Waals surface area contributed by atoms with Crippen LogP contribution in [0.1, 0.15) is 6.42 Å². The van der Waals surface area contributed by atoms with Gasteiger partial charge >= 0.3 is 0 Å². The summed E-state index contributed by atoms with van der Waals surface area (Å²) in [6, 6.07) is 12.8. The van der Waals surface area contributed by atoms with Crippen LogP contribution in [0.5, 0.6) is 0 Å². The van der Waals surface area contributed by atoms with Crippen LogP contribution in [-0.2, 0) is 0 Å². The molecule has 0 aliphatic carbocycles. The summed E-state index contributed by atoms with van der Waals surface area (Å²) in [5.41, 5.74) is 3.72. The van der Waals surface area contributed by atoms with E-state index in [0.29, 0.717) is 17.3 Å². The van der Waals surface area contributed by atoms with Crippen LogP contribution in [0.3, 0.4) is 0 Å². The van der Waals surface area contributed by atoms with Gasteiger partial charge in [-0.1, -0.05) is 6.07 Å². The van der Waals surface area contributed by atoms with Crippen molar-refractivity contribution in [1.29, 1.82) is 0 Å². The third-order valence-corrected chi connectivity index (χ3v) is 6.15. The van der Waals surface area contributed by atoms with Gasteiger partial charge in [-0.2, -0.15) is 5.10 Å². The minimum absolute atomic E-state index is 0.302. The van der Waals surface area contributed by atoms with Crippen LogP contribution in [0, 0.1) is 5.82 Å². The minimum atomic E-state index is -0.302. The van der Waals surface area contributed by atoms with Gasteiger partial charge < -0.3 is 20.4 Å². The number of hydrogen-bond donors (Lipinski definition) is 2. The summed E-state index contributed by atoms with van der Waals surface area (Å²) in [7, 11) is 2.16. The highest BCUT2D eigenvalue weighted by atomic mass is 19.1. The van der Waals surface area contributed by atoms with Gasteiger partial charge in [0.25, 0.3) is 0 Å². The van der Waals surface area contributed by atoms with Crippen molar-refractivity contribution in [2.75, 3.05) is 56.9 Å². The summed E-state index contributed by atoms with van der Waals surface area (Å²) in [4.78, 5) is 13.7. The zero-order valence-corrected chi connectivity index (χ0v) is 19.3. The predicted octanol–water partition coefficient (Wildman–Crippen LogP) is 3.72. The van der Waals surface area contributed by atoms with E-state index < -0.39 is 0 Å². The average Bonchev–Trinajstić information content (AvgIpc) is 3.29. The van der Waals surface area contributed by atoms with Gasteiger partial charge in [0, 0.05) is 56.4 Å². The van der Waals surface area contributed by atoms with E-state index in [1.165, 1.54) is 6.07 Å². The number of likely N-dealkylation sites (N-methyl/N-ethyl adjacent to an activating group) is 1. The van der Waals surface area contributed by atoms with Crippen molar-refractivity contribution < 1.29 is 4.39 Å². The fourth-order valence-electron chi connectivity index (χ4n) is 4.16. The Morgan fingerprint density at radius 2 is 1.94 bits per heavy atom. The molecule has 0 atom stereocenters. The predicted molar refractivity (Wildman–Crippen MR) is 133 cm³/mol. The number of piperazine rings is 1. The molecule has 0 unspecified atom stereocenters. The van der Waals surface area contributed by atoms with E-state index in [0.717, 1.165) is 62.5 Å². The largest absolute Gasteiger partial charge is 0.383 e. The number of nitrogens with zero attached hydrogens (tertiary/aromatic N) is 6. The molecule has 0 spiro atoms. The Morgan fingerprint density at radius 1 is 1.06 bits per heavy atom. The number of fused-ring (bicyclic) bond motifs is 1. The van der Waals surface area contributed by atoms with Gasteiger partial charge in [0.1, 0.15) is 5.82 Å². The van der Waals surface area contributed by atoms with Crippen LogP contribution in [-0.4, -0.2) is 75.7 Å². The number of benzene rings is 1. The van der Waals surface area contributed by atoms with Crippen LogP contribution >= 0.6 is 0 Å². The Hall–Kier alpha value is -3.56. The third kappa shape index (κ3) is 5.16. The zero-order chi connectivity index (χ0) is 23.3. The van der Waals surface area contributed by atoms with E-state index in [1.54, 1.807) is 23.0 Å². The van der Waals surface area contributed by atoms with Gasteiger partial charge in [0.05, 0.1) is 23.1 Å². The molecule has 4 aromatic rings. The number of hydrogen-bond acceptors (Lipinski definition) is 7. The highest BCUT2D eigenvalue weighted by molar-refractivity contribution is 5.78. The number of aromatic nitrogens is 4. The van der Waals surface area contributed by atoms with Gasteiger partial charge in [0.2, 0.25) is 5.95 Å². The van der Waals surface area contributed by atoms with Crippen LogP contribution in [0.25, 0.3) is 16.8 Å². The third-order valence-electron chi connectivity index (χ3n) is 6.15. The first-order chi connectivity index (χ1) is 16.7. The first-order valence-corrected chi connectivity index (χ1v) is 11.6. The molecule has 0 bridgehead atoms. The summed E-state index contributed by atoms with van der Waals surface area (Å²) in [5.74, 6) is 0.100. The summed E-state index contributed by atoms with van der Waals surface area (Å²) in [6.45, 7) is 6.20. The molecule has 34 heavy (non-hydrogen) atoms. The Balaban J connectivity index is 1.18. The van der Waals surface area contributed by atoms with Crippen LogP contribution < -0.4 is 10.6 Å². The summed E-state index contributed by atoms with van der Waals surface area (Å²) >= 11 is 0. The van der Waals surface area contributed by atoms with Crippen molar-refractivity contribution in [2.45, 2.75) is 6.42 Å². The number of anilines is 3. The van der Waals surface area contributed by atoms with E-state index in [2.05, 4.69) is 42.5 Å². The molecule has 176 valence electrons. The van der Waals surface area contributed by atoms with Crippen LogP contribution in [0.4, 0.5) is 21.7 Å². The summed E-state index contributed by atoms with van der Waals surface area (Å²) in [5, 5.41) is 10.7. The van der Waals surface area contributed by atoms with E-state index in [-0.39, 0.29) is 5.82 Å². The molecule has 0 radical (unpaired) electrons. The normalized spacial score (nSPS) is 15.0. The van der Waals surface area contributed by atoms with Crippen molar-refractivity contribution in [1.82, 2.24) is 29.4 Å². The Labute approximate surface area is 198 Å². The molecule has 2 N–H and O–H groups in total. The minimum Gasteiger partial charge on any atom is -0.383 e. The lowest BCUT2D eigenvalue weighted by atomic mass is 10.2. The Morgan fingerprint density at radius 3 is 2.79 bits per heavy atom. The monoisotopic (exact) mass is 460 g/mol. The van der Waals surface area contributed by atoms with E-state index in [4.69, 9.17) is 0 Å². The number of pyridine rings is 1. The molecular weight excluding hydrogens is 431 g/mol. The maximum absolute atomic E-state index is 14.7. The van der Waals surface area contributed by atoms with Gasteiger partial charge in [-0.15, -0.1) is 0 Å². The van der Waals surface area contributed by atoms with Gasteiger partial charge in [-0.25, -0.2) is 18.9 Å². The zero-order valence-electron chi connectivity index (χ0n) is 19.3. The van der Waals surface area contributed by atoms with Crippen molar-refractivity contribution in [3.63, 3.8) is 0 Å². The lowest BCUT2D eigenvalue weighted by molar-refractivity contribution is 0.154. The number of halogens is 1. The Kier molecular flexibility index (Phi) is 6.64. The molecule has 0 amide bonds. The molecule has 1 aromatic carbocycles. The fraction of sp³-hybridized carbons (Fsp3) is 0.320. The highest BCUT2D eigenvalue weighted by Gasteiger charge is 2.13. The molecule has 5 rings (SSSR count). The van der Waals surface area contributed by atoms with E-state index in [9.17, 15) is 4.39 Å². The molecule has 8 nitrogen and oxygen atoms in total. The first-order valence-electron chi connectivity index (χ1n) is 11.6. The first kappa shape index (κ1) is 22.2. The molecule has 3 aromatic heterocycles. The second-order valence-electron chi connectivity index (χ2n) is 8.60. The van der Waals surface area contributed by atoms with Crippen molar-refractivity contribution in [3.05, 3.63) is 66.9 Å². The fourth-order valence-corrected chi connectivity index (χ4v) is 4.16. The number of nitrogens with one attached hydrogen (secondary N) is 2. The molecule has 1 aliphatic heterocycles. The average molecular weight is 461 g/mol. The van der Waals surface area contributed by atoms with E-state index in [1.807, 2.05) is 36.5 Å². The highest BCUT2D eigenvalue weighted by Crippen LogP contribution is 2.25. The second-order valence-corrected chi connectivity index (χ2v) is 8.60. The quantitative estimate of drug-likeness (QED) is 0.388. The molecule has 1 aliphatic rings. The molecule has 0 saturated carbocycles. The van der Waals surface area contributed by atoms with Crippen LogP contribution in [0.2, 0.25) is 0 Å². The topological polar surface area (TPSA) is 73.6 Å². The second kappa shape index (κ2) is 10.1. The summed E-state index contributed by atoms with van der Waals surface area (Å²) < 4.78 is 16.5. The van der Waals surface area contributed by atoms with Gasteiger partial charge in [-0.05, 0) is 56.4 Å². The standard InChI is InChI=1S/C25H29FN8/c1-32-13-15-33(16-14-32)11-4-9-27-23-7-6-19(17-21(23)26)30-25-28-10-8-22(31-25)20-18-29-34-12-3-2-5-24(20)34/h2-3,5-8,10,12,17-18,27H,4,9,11,13-16H2,1H3,(H,28,30,31). The van der Waals surface area contributed by atoms with Crippen LogP contribution in [0.15, 0.2) is 61.1 Å². The maximum Gasteiger partial charge on any atom is 0.227 e. The molecular formula is C25H29FN8. The molecule has 4 heterocycles. The van der Waals surface area contributed by atoms with Gasteiger partial charge in [0.15, 0.2) is 0 Å². The smallest absolute Gasteiger partial charge is 0.227 e. The van der Waals surface area contributed by atoms with E-state index >= 15 is 0 Å². The maximum atomic E-state index is 14.7. The molecule has 1 saturated heterocycles. The van der Waals surface area contributed by atoms with Crippen molar-refractivity contribution >= 4 is 22.8 Å². The summed E-state index contributed by atoms with van der Waals surface area (Å²) in [6.07, 6.45) is 6.34. The molecule has 9 heteroatoms. The lowest BCUT2D eigenvalue weighted by Crippen LogP contribution is -2.44. The Bertz CT molecular complexity index is 1250. The molecule has 1 fully saturated rings. The van der Waals surface area contributed by atoms with Crippen molar-refractivity contribution in [3.8, 4) is 11.3 Å². The lowest BCUT2D eigenvalue weighted by Gasteiger charge is -2.32.